The van der Waals surface area contributed by atoms with Crippen LogP contribution in [-0.4, -0.2) is 0 Å². The van der Waals surface area contributed by atoms with Crippen molar-refractivity contribution in [2.24, 2.45) is 0 Å². The van der Waals surface area contributed by atoms with Crippen molar-refractivity contribution in [1.82, 2.24) is 0 Å². The summed E-state index contributed by atoms with van der Waals surface area (Å²) in [6.07, 6.45) is 0. The van der Waals surface area contributed by atoms with Gasteiger partial charge in [-0.3, -0.25) is 0 Å². The van der Waals surface area contributed by atoms with Gasteiger partial charge in [-0.25, -0.2) is 0 Å². The minimum Gasteiger partial charge on any atom is -0.455 e. The van der Waals surface area contributed by atoms with E-state index < -0.39 is 0 Å². The van der Waals surface area contributed by atoms with Crippen molar-refractivity contribution < 1.29 is 4.42 Å². The van der Waals surface area contributed by atoms with E-state index in [1.54, 1.807) is 0 Å². The van der Waals surface area contributed by atoms with Crippen LogP contribution in [0, 0.1) is 0 Å². The van der Waals surface area contributed by atoms with Crippen LogP contribution in [0.15, 0.2) is 277 Å². The van der Waals surface area contributed by atoms with Crippen molar-refractivity contribution in [2.45, 2.75) is 0 Å². The van der Waals surface area contributed by atoms with Crippen molar-refractivity contribution in [3.63, 3.8) is 0 Å². The number of benzene rings is 12. The summed E-state index contributed by atoms with van der Waals surface area (Å²) in [5.41, 5.74) is 19.0. The second-order valence-corrected chi connectivity index (χ2v) is 18.0. The molecule has 0 aliphatic heterocycles. The first-order chi connectivity index (χ1) is 34.7. The Bertz CT molecular complexity index is 4010. The minimum absolute atomic E-state index is 0.859. The molecule has 0 unspecified atom stereocenters. The third kappa shape index (κ3) is 7.40. The highest BCUT2D eigenvalue weighted by Crippen LogP contribution is 2.48. The zero-order chi connectivity index (χ0) is 46.4. The maximum absolute atomic E-state index is 6.93. The molecule has 0 N–H and O–H groups in total. The van der Waals surface area contributed by atoms with E-state index in [1.807, 2.05) is 0 Å². The molecular formula is C68H45NO. The number of anilines is 3. The van der Waals surface area contributed by atoms with Gasteiger partial charge in [0.1, 0.15) is 11.2 Å². The van der Waals surface area contributed by atoms with Gasteiger partial charge in [0.15, 0.2) is 0 Å². The summed E-state index contributed by atoms with van der Waals surface area (Å²) in [4.78, 5) is 2.39. The smallest absolute Gasteiger partial charge is 0.145 e. The van der Waals surface area contributed by atoms with Crippen LogP contribution in [0.4, 0.5) is 17.1 Å². The lowest BCUT2D eigenvalue weighted by molar-refractivity contribution is 0.670. The molecule has 0 saturated heterocycles. The zero-order valence-corrected chi connectivity index (χ0v) is 38.3. The van der Waals surface area contributed by atoms with Crippen LogP contribution in [0.1, 0.15) is 0 Å². The first kappa shape index (κ1) is 41.0. The average Bonchev–Trinajstić information content (AvgIpc) is 3.84. The molecule has 0 atom stereocenters. The largest absolute Gasteiger partial charge is 0.455 e. The summed E-state index contributed by atoms with van der Waals surface area (Å²) in [5, 5.41) is 7.04. The zero-order valence-electron chi connectivity index (χ0n) is 38.3. The molecular weight excluding hydrogens is 847 g/mol. The second-order valence-electron chi connectivity index (χ2n) is 18.0. The summed E-state index contributed by atoms with van der Waals surface area (Å²) in [6.45, 7) is 0. The van der Waals surface area contributed by atoms with Gasteiger partial charge in [0, 0.05) is 22.3 Å². The van der Waals surface area contributed by atoms with Crippen molar-refractivity contribution in [3.8, 4) is 66.8 Å². The predicted molar refractivity (Wildman–Crippen MR) is 296 cm³/mol. The lowest BCUT2D eigenvalue weighted by Gasteiger charge is -2.27. The summed E-state index contributed by atoms with van der Waals surface area (Å²) >= 11 is 0. The third-order valence-electron chi connectivity index (χ3n) is 13.9. The van der Waals surface area contributed by atoms with Gasteiger partial charge in [-0.15, -0.1) is 0 Å². The molecule has 2 heteroatoms. The SMILES string of the molecule is c1ccc(-c2ccc(-c3ccccc3-c3ccc(N(c4ccc(-c5ccc(-c6ccc7ccccc7c6)cc5)cc4)c4ccc(-c5cccc6ccccc56)c5oc6ccccc6c45)cc3)cc2)cc1. The molecule has 0 saturated carbocycles. The van der Waals surface area contributed by atoms with Crippen LogP contribution >= 0.6 is 0 Å². The predicted octanol–water partition coefficient (Wildman–Crippen LogP) is 19.4. The molecule has 328 valence electrons. The quantitative estimate of drug-likeness (QED) is 0.144. The molecule has 13 aromatic rings. The lowest BCUT2D eigenvalue weighted by atomic mass is 9.93. The molecule has 0 aliphatic rings. The second kappa shape index (κ2) is 17.4. The lowest BCUT2D eigenvalue weighted by Crippen LogP contribution is -2.10. The molecule has 1 heterocycles. The fourth-order valence-corrected chi connectivity index (χ4v) is 10.4. The fraction of sp³-hybridized carbons (Fsp3) is 0. The van der Waals surface area contributed by atoms with Crippen LogP contribution < -0.4 is 4.90 Å². The Balaban J connectivity index is 0.919. The summed E-state index contributed by atoms with van der Waals surface area (Å²) in [5.74, 6) is 0. The Hall–Kier alpha value is -9.24. The van der Waals surface area contributed by atoms with Gasteiger partial charge in [0.05, 0.1) is 11.1 Å². The van der Waals surface area contributed by atoms with Crippen LogP contribution in [0.5, 0.6) is 0 Å². The van der Waals surface area contributed by atoms with E-state index in [0.717, 1.165) is 61.3 Å². The molecule has 0 radical (unpaired) electrons. The third-order valence-corrected chi connectivity index (χ3v) is 13.9. The van der Waals surface area contributed by atoms with Gasteiger partial charge in [-0.05, 0) is 131 Å². The van der Waals surface area contributed by atoms with Crippen molar-refractivity contribution in [2.75, 3.05) is 4.90 Å². The molecule has 0 spiro atoms. The van der Waals surface area contributed by atoms with Gasteiger partial charge in [0.25, 0.3) is 0 Å². The highest BCUT2D eigenvalue weighted by Gasteiger charge is 2.23. The Morgan fingerprint density at radius 2 is 0.714 bits per heavy atom. The van der Waals surface area contributed by atoms with E-state index in [4.69, 9.17) is 4.42 Å². The number of hydrogen-bond acceptors (Lipinski definition) is 2. The van der Waals surface area contributed by atoms with Crippen LogP contribution in [0.25, 0.3) is 110 Å². The highest BCUT2D eigenvalue weighted by atomic mass is 16.3. The molecule has 2 nitrogen and oxygen atoms in total. The van der Waals surface area contributed by atoms with E-state index in [0.29, 0.717) is 0 Å². The van der Waals surface area contributed by atoms with E-state index in [2.05, 4.69) is 278 Å². The summed E-state index contributed by atoms with van der Waals surface area (Å²) in [7, 11) is 0. The molecule has 0 bridgehead atoms. The van der Waals surface area contributed by atoms with Crippen molar-refractivity contribution >= 4 is 60.5 Å². The Labute approximate surface area is 407 Å². The number of para-hydroxylation sites is 1. The van der Waals surface area contributed by atoms with Crippen LogP contribution in [-0.2, 0) is 0 Å². The highest BCUT2D eigenvalue weighted by molar-refractivity contribution is 6.18. The number of nitrogens with zero attached hydrogens (tertiary/aromatic N) is 1. The van der Waals surface area contributed by atoms with Crippen LogP contribution in [0.3, 0.4) is 0 Å². The molecule has 13 rings (SSSR count). The molecule has 70 heavy (non-hydrogen) atoms. The van der Waals surface area contributed by atoms with E-state index in [9.17, 15) is 0 Å². The topological polar surface area (TPSA) is 16.4 Å². The van der Waals surface area contributed by atoms with E-state index in [1.165, 1.54) is 66.1 Å². The molecule has 0 amide bonds. The maximum Gasteiger partial charge on any atom is 0.145 e. The number of rotatable bonds is 9. The molecule has 0 fully saturated rings. The van der Waals surface area contributed by atoms with Gasteiger partial charge in [-0.1, -0.05) is 224 Å². The average molecular weight is 892 g/mol. The fourth-order valence-electron chi connectivity index (χ4n) is 10.4. The first-order valence-corrected chi connectivity index (χ1v) is 24.0. The van der Waals surface area contributed by atoms with Gasteiger partial charge >= 0.3 is 0 Å². The summed E-state index contributed by atoms with van der Waals surface area (Å²) < 4.78 is 6.93. The van der Waals surface area contributed by atoms with Crippen molar-refractivity contribution in [3.05, 3.63) is 273 Å². The Kier molecular flexibility index (Phi) is 10.2. The summed E-state index contributed by atoms with van der Waals surface area (Å²) in [6, 6.07) is 98.5. The van der Waals surface area contributed by atoms with Gasteiger partial charge in [-0.2, -0.15) is 0 Å². The number of furan rings is 1. The van der Waals surface area contributed by atoms with Gasteiger partial charge < -0.3 is 9.32 Å². The number of fused-ring (bicyclic) bond motifs is 5. The molecule has 0 aliphatic carbocycles. The monoisotopic (exact) mass is 891 g/mol. The molecule has 12 aromatic carbocycles. The van der Waals surface area contributed by atoms with E-state index in [-0.39, 0.29) is 0 Å². The Morgan fingerprint density at radius 1 is 0.257 bits per heavy atom. The van der Waals surface area contributed by atoms with Crippen molar-refractivity contribution in [1.29, 1.82) is 0 Å². The normalized spacial score (nSPS) is 11.4. The Morgan fingerprint density at radius 3 is 1.39 bits per heavy atom. The van der Waals surface area contributed by atoms with E-state index >= 15 is 0 Å². The van der Waals surface area contributed by atoms with Gasteiger partial charge in [0.2, 0.25) is 0 Å². The first-order valence-electron chi connectivity index (χ1n) is 24.0. The van der Waals surface area contributed by atoms with Crippen LogP contribution in [0.2, 0.25) is 0 Å². The minimum atomic E-state index is 0.859. The maximum atomic E-state index is 6.93. The molecule has 1 aromatic heterocycles. The number of hydrogen-bond donors (Lipinski definition) is 0. The standard InChI is InChI=1S/C68H45NO/c1-2-13-46(14-3-1)48-29-32-53(33-30-48)59-19-8-9-20-60(59)54-37-41-58(42-38-54)69(57-39-35-50(36-40-57)49-25-27-51(28-26-49)56-34-31-47-15-4-5-17-55(47)45-56)65-44-43-63(62-23-12-18-52-16-6-7-21-61(52)62)68-67(65)64-22-10-11-24-66(64)70-68/h1-45H.